The fraction of sp³-hybridized carbons (Fsp3) is 0.0714. The Morgan fingerprint density at radius 3 is 2.60 bits per heavy atom. The summed E-state index contributed by atoms with van der Waals surface area (Å²) in [6, 6.07) is 10.2. The van der Waals surface area contributed by atoms with E-state index in [9.17, 15) is 9.18 Å². The minimum absolute atomic E-state index is 0.401. The summed E-state index contributed by atoms with van der Waals surface area (Å²) in [4.78, 5) is 11.7. The fourth-order valence-electron chi connectivity index (χ4n) is 1.77. The van der Waals surface area contributed by atoms with Crippen LogP contribution in [0.1, 0.15) is 11.6 Å². The summed E-state index contributed by atoms with van der Waals surface area (Å²) < 4.78 is 13.6. The van der Waals surface area contributed by atoms with Crippen molar-refractivity contribution in [2.75, 3.05) is 5.32 Å². The number of nitrogens with two attached hydrogens (primary N) is 1. The van der Waals surface area contributed by atoms with E-state index in [2.05, 4.69) is 21.2 Å². The van der Waals surface area contributed by atoms with E-state index in [4.69, 9.17) is 17.3 Å². The van der Waals surface area contributed by atoms with Gasteiger partial charge in [0.05, 0.1) is 10.7 Å². The minimum atomic E-state index is -0.815. The molecule has 0 saturated carbocycles. The standard InChI is InChI=1S/C14H11BrClFN2O/c15-10-7-8(17)5-6-9(10)13(14(18)20)19-12-4-2-1-3-11(12)16/h1-7,13,19H,(H2,18,20). The van der Waals surface area contributed by atoms with Gasteiger partial charge < -0.3 is 11.1 Å². The first kappa shape index (κ1) is 14.8. The predicted molar refractivity (Wildman–Crippen MR) is 81.1 cm³/mol. The van der Waals surface area contributed by atoms with Crippen LogP contribution in [0.15, 0.2) is 46.9 Å². The third-order valence-electron chi connectivity index (χ3n) is 2.73. The number of rotatable bonds is 4. The van der Waals surface area contributed by atoms with E-state index >= 15 is 0 Å². The summed E-state index contributed by atoms with van der Waals surface area (Å²) in [6.07, 6.45) is 0. The molecule has 0 radical (unpaired) electrons. The lowest BCUT2D eigenvalue weighted by molar-refractivity contribution is -0.118. The average molecular weight is 358 g/mol. The first-order valence-corrected chi connectivity index (χ1v) is 6.91. The molecule has 0 aromatic heterocycles. The van der Waals surface area contributed by atoms with Gasteiger partial charge in [0.15, 0.2) is 0 Å². The summed E-state index contributed by atoms with van der Waals surface area (Å²) in [6.45, 7) is 0. The molecule has 2 aromatic carbocycles. The highest BCUT2D eigenvalue weighted by molar-refractivity contribution is 9.10. The number of hydrogen-bond donors (Lipinski definition) is 2. The number of primary amides is 1. The van der Waals surface area contributed by atoms with Crippen molar-refractivity contribution in [1.29, 1.82) is 0 Å². The molecule has 0 saturated heterocycles. The van der Waals surface area contributed by atoms with Gasteiger partial charge in [0.25, 0.3) is 0 Å². The first-order chi connectivity index (χ1) is 9.49. The smallest absolute Gasteiger partial charge is 0.244 e. The molecule has 0 aliphatic heterocycles. The molecular formula is C14H11BrClFN2O. The quantitative estimate of drug-likeness (QED) is 0.872. The SMILES string of the molecule is NC(=O)C(Nc1ccccc1Cl)c1ccc(F)cc1Br. The van der Waals surface area contributed by atoms with Crippen LogP contribution in [0.5, 0.6) is 0 Å². The van der Waals surface area contributed by atoms with E-state index in [1.54, 1.807) is 24.3 Å². The Labute approximate surface area is 129 Å². The van der Waals surface area contributed by atoms with Crippen molar-refractivity contribution in [1.82, 2.24) is 0 Å². The highest BCUT2D eigenvalue weighted by Crippen LogP contribution is 2.30. The van der Waals surface area contributed by atoms with Crippen molar-refractivity contribution < 1.29 is 9.18 Å². The predicted octanol–water partition coefficient (Wildman–Crippen LogP) is 3.88. The van der Waals surface area contributed by atoms with Gasteiger partial charge in [-0.15, -0.1) is 0 Å². The van der Waals surface area contributed by atoms with Gasteiger partial charge >= 0.3 is 0 Å². The number of carbonyl (C=O) groups excluding carboxylic acids is 1. The zero-order chi connectivity index (χ0) is 14.7. The largest absolute Gasteiger partial charge is 0.369 e. The van der Waals surface area contributed by atoms with Crippen LogP contribution in [0.2, 0.25) is 5.02 Å². The molecule has 3 nitrogen and oxygen atoms in total. The molecule has 1 unspecified atom stereocenters. The van der Waals surface area contributed by atoms with Crippen LogP contribution >= 0.6 is 27.5 Å². The summed E-state index contributed by atoms with van der Waals surface area (Å²) in [5, 5.41) is 3.43. The number of para-hydroxylation sites is 1. The van der Waals surface area contributed by atoms with Crippen LogP contribution in [0.3, 0.4) is 0 Å². The van der Waals surface area contributed by atoms with Gasteiger partial charge in [-0.1, -0.05) is 45.7 Å². The monoisotopic (exact) mass is 356 g/mol. The normalized spacial score (nSPS) is 11.9. The molecule has 0 spiro atoms. The number of amides is 1. The fourth-order valence-corrected chi connectivity index (χ4v) is 2.54. The van der Waals surface area contributed by atoms with Crippen molar-refractivity contribution >= 4 is 39.1 Å². The van der Waals surface area contributed by atoms with E-state index in [0.29, 0.717) is 20.7 Å². The average Bonchev–Trinajstić information content (AvgIpc) is 2.38. The third-order valence-corrected chi connectivity index (χ3v) is 3.75. The molecular weight excluding hydrogens is 347 g/mol. The molecule has 0 fully saturated rings. The Morgan fingerprint density at radius 2 is 2.00 bits per heavy atom. The Morgan fingerprint density at radius 1 is 1.30 bits per heavy atom. The summed E-state index contributed by atoms with van der Waals surface area (Å²) in [5.41, 5.74) is 6.53. The van der Waals surface area contributed by atoms with E-state index < -0.39 is 17.8 Å². The van der Waals surface area contributed by atoms with Gasteiger partial charge in [0, 0.05) is 4.47 Å². The maximum absolute atomic E-state index is 13.1. The van der Waals surface area contributed by atoms with Crippen LogP contribution in [-0.2, 0) is 4.79 Å². The molecule has 1 atom stereocenters. The summed E-state index contributed by atoms with van der Waals surface area (Å²) in [7, 11) is 0. The second-order valence-electron chi connectivity index (χ2n) is 4.13. The Balaban J connectivity index is 2.37. The molecule has 104 valence electrons. The highest BCUT2D eigenvalue weighted by Gasteiger charge is 2.21. The van der Waals surface area contributed by atoms with Gasteiger partial charge in [-0.05, 0) is 29.8 Å². The number of hydrogen-bond acceptors (Lipinski definition) is 2. The Kier molecular flexibility index (Phi) is 4.62. The summed E-state index contributed by atoms with van der Waals surface area (Å²) in [5.74, 6) is -0.987. The van der Waals surface area contributed by atoms with Crippen molar-refractivity contribution in [2.24, 2.45) is 5.73 Å². The van der Waals surface area contributed by atoms with Crippen LogP contribution < -0.4 is 11.1 Å². The molecule has 2 aromatic rings. The lowest BCUT2D eigenvalue weighted by Gasteiger charge is -2.19. The molecule has 20 heavy (non-hydrogen) atoms. The van der Waals surface area contributed by atoms with Gasteiger partial charge in [0.2, 0.25) is 5.91 Å². The Hall–Kier alpha value is -1.59. The van der Waals surface area contributed by atoms with E-state index in [-0.39, 0.29) is 0 Å². The van der Waals surface area contributed by atoms with Gasteiger partial charge in [-0.3, -0.25) is 4.79 Å². The lowest BCUT2D eigenvalue weighted by atomic mass is 10.1. The maximum atomic E-state index is 13.1. The summed E-state index contributed by atoms with van der Waals surface area (Å²) >= 11 is 9.27. The molecule has 6 heteroatoms. The maximum Gasteiger partial charge on any atom is 0.244 e. The second kappa shape index (κ2) is 6.24. The molecule has 1 amide bonds. The number of anilines is 1. The van der Waals surface area contributed by atoms with Crippen LogP contribution in [0.4, 0.5) is 10.1 Å². The lowest BCUT2D eigenvalue weighted by Crippen LogP contribution is -2.28. The van der Waals surface area contributed by atoms with Gasteiger partial charge in [0.1, 0.15) is 11.9 Å². The van der Waals surface area contributed by atoms with Gasteiger partial charge in [-0.25, -0.2) is 4.39 Å². The number of nitrogens with one attached hydrogen (secondary N) is 1. The first-order valence-electron chi connectivity index (χ1n) is 5.74. The van der Waals surface area contributed by atoms with Crippen LogP contribution in [0, 0.1) is 5.82 Å². The topological polar surface area (TPSA) is 55.1 Å². The molecule has 0 bridgehead atoms. The van der Waals surface area contributed by atoms with Crippen molar-refractivity contribution in [3.63, 3.8) is 0 Å². The van der Waals surface area contributed by atoms with Gasteiger partial charge in [-0.2, -0.15) is 0 Å². The molecule has 3 N–H and O–H groups in total. The number of benzene rings is 2. The Bertz CT molecular complexity index is 651. The van der Waals surface area contributed by atoms with Crippen molar-refractivity contribution in [3.8, 4) is 0 Å². The zero-order valence-electron chi connectivity index (χ0n) is 10.2. The third kappa shape index (κ3) is 3.29. The van der Waals surface area contributed by atoms with Crippen molar-refractivity contribution in [3.05, 3.63) is 63.3 Å². The second-order valence-corrected chi connectivity index (χ2v) is 5.39. The molecule has 0 aliphatic carbocycles. The van der Waals surface area contributed by atoms with E-state index in [1.807, 2.05) is 0 Å². The van der Waals surface area contributed by atoms with Crippen molar-refractivity contribution in [2.45, 2.75) is 6.04 Å². The van der Waals surface area contributed by atoms with E-state index in [1.165, 1.54) is 18.2 Å². The zero-order valence-corrected chi connectivity index (χ0v) is 12.6. The van der Waals surface area contributed by atoms with E-state index in [0.717, 1.165) is 0 Å². The minimum Gasteiger partial charge on any atom is -0.369 e. The molecule has 2 rings (SSSR count). The highest BCUT2D eigenvalue weighted by atomic mass is 79.9. The number of carbonyl (C=O) groups is 1. The molecule has 0 heterocycles. The van der Waals surface area contributed by atoms with Crippen LogP contribution in [0.25, 0.3) is 0 Å². The molecule has 0 aliphatic rings. The van der Waals surface area contributed by atoms with Crippen LogP contribution in [-0.4, -0.2) is 5.91 Å². The number of halogens is 3.